The van der Waals surface area contributed by atoms with Crippen molar-refractivity contribution in [2.24, 2.45) is 0 Å². The molecule has 1 spiro atoms. The van der Waals surface area contributed by atoms with Gasteiger partial charge in [0.2, 0.25) is 0 Å². The highest BCUT2D eigenvalue weighted by atomic mass is 16.6. The van der Waals surface area contributed by atoms with E-state index < -0.39 is 11.6 Å². The number of phenolic OH excluding ortho intramolecular Hbond substituents is 1. The lowest BCUT2D eigenvalue weighted by atomic mass is 9.76. The summed E-state index contributed by atoms with van der Waals surface area (Å²) in [6.45, 7) is 5.28. The number of aliphatic hydroxyl groups is 1. The molecule has 2 aliphatic rings. The smallest absolute Gasteiger partial charge is 0.340 e. The van der Waals surface area contributed by atoms with Gasteiger partial charge in [-0.3, -0.25) is 0 Å². The summed E-state index contributed by atoms with van der Waals surface area (Å²) < 4.78 is 11.8. The second-order valence-electron chi connectivity index (χ2n) is 6.10. The highest BCUT2D eigenvalue weighted by Gasteiger charge is 2.54. The van der Waals surface area contributed by atoms with Crippen molar-refractivity contribution >= 4 is 5.97 Å². The maximum Gasteiger partial charge on any atom is 0.340 e. The molecule has 0 saturated heterocycles. The molecule has 2 aromatic rings. The summed E-state index contributed by atoms with van der Waals surface area (Å²) in [5, 5.41) is 19.5. The minimum atomic E-state index is -1.22. The van der Waals surface area contributed by atoms with Crippen molar-refractivity contribution in [3.05, 3.63) is 95.0 Å². The number of carbonyl (C=O) groups is 1. The largest absolute Gasteiger partial charge is 0.508 e. The van der Waals surface area contributed by atoms with Crippen LogP contribution in [0.25, 0.3) is 0 Å². The van der Waals surface area contributed by atoms with Gasteiger partial charge in [-0.2, -0.15) is 0 Å². The van der Waals surface area contributed by atoms with E-state index in [9.17, 15) is 15.0 Å². The molecule has 2 aliphatic heterocycles. The van der Waals surface area contributed by atoms with Crippen LogP contribution < -0.4 is 4.74 Å². The van der Waals surface area contributed by atoms with Gasteiger partial charge in [-0.1, -0.05) is 30.9 Å². The summed E-state index contributed by atoms with van der Waals surface area (Å²) in [5.74, 6) is 0.0107. The Morgan fingerprint density at radius 3 is 2.69 bits per heavy atom. The molecule has 0 fully saturated rings. The van der Waals surface area contributed by atoms with E-state index in [0.29, 0.717) is 33.8 Å². The van der Waals surface area contributed by atoms with Crippen molar-refractivity contribution in [3.8, 4) is 11.5 Å². The van der Waals surface area contributed by atoms with Crippen LogP contribution >= 0.6 is 0 Å². The Bertz CT molecular complexity index is 1010. The standard InChI is InChI=1S/C21H16O5/c1-3-15-18(10-12(2)22)25-19-11-13(23)8-9-17(19)21(15)16-7-5-4-6-14(16)20(24)26-21/h3-11,22-23H,2H2,1H3/b15-3+,18-10+. The van der Waals surface area contributed by atoms with E-state index in [2.05, 4.69) is 6.58 Å². The number of allylic oxidation sites excluding steroid dienone is 2. The van der Waals surface area contributed by atoms with E-state index in [1.54, 1.807) is 31.2 Å². The summed E-state index contributed by atoms with van der Waals surface area (Å²) in [6, 6.07) is 11.8. The third-order valence-corrected chi connectivity index (χ3v) is 4.57. The highest BCUT2D eigenvalue weighted by molar-refractivity contribution is 5.97. The van der Waals surface area contributed by atoms with Crippen LogP contribution in [0.4, 0.5) is 0 Å². The summed E-state index contributed by atoms with van der Waals surface area (Å²) in [6.07, 6.45) is 3.14. The monoisotopic (exact) mass is 348 g/mol. The lowest BCUT2D eigenvalue weighted by Crippen LogP contribution is -2.36. The van der Waals surface area contributed by atoms with E-state index in [1.165, 1.54) is 18.2 Å². The number of benzene rings is 2. The van der Waals surface area contributed by atoms with Crippen LogP contribution in [0.3, 0.4) is 0 Å². The molecule has 130 valence electrons. The fourth-order valence-corrected chi connectivity index (χ4v) is 3.60. The number of aromatic hydroxyl groups is 1. The van der Waals surface area contributed by atoms with Gasteiger partial charge in [0.15, 0.2) is 5.60 Å². The minimum absolute atomic E-state index is 0.0163. The van der Waals surface area contributed by atoms with Crippen molar-refractivity contribution in [1.29, 1.82) is 0 Å². The fourth-order valence-electron chi connectivity index (χ4n) is 3.60. The molecule has 0 aromatic heterocycles. The van der Waals surface area contributed by atoms with E-state index >= 15 is 0 Å². The SMILES string of the molecule is C=C(O)/C=C1/Oc2cc(O)ccc2C2(OC(=O)c3ccccc32)/C1=C/C. The lowest BCUT2D eigenvalue weighted by Gasteiger charge is -2.38. The molecule has 5 nitrogen and oxygen atoms in total. The molecule has 5 heteroatoms. The molecule has 0 saturated carbocycles. The molecular formula is C21H16O5. The topological polar surface area (TPSA) is 76.0 Å². The number of fused-ring (bicyclic) bond motifs is 4. The number of aliphatic hydroxyl groups excluding tert-OH is 1. The van der Waals surface area contributed by atoms with Crippen LogP contribution in [0.1, 0.15) is 28.4 Å². The first-order chi connectivity index (χ1) is 12.5. The molecule has 26 heavy (non-hydrogen) atoms. The van der Waals surface area contributed by atoms with Crippen molar-refractivity contribution in [2.75, 3.05) is 0 Å². The van der Waals surface area contributed by atoms with Crippen molar-refractivity contribution in [1.82, 2.24) is 0 Å². The quantitative estimate of drug-likeness (QED) is 0.599. The lowest BCUT2D eigenvalue weighted by molar-refractivity contribution is 0.0201. The summed E-state index contributed by atoms with van der Waals surface area (Å²) in [5.41, 5.74) is 1.11. The number of phenols is 1. The molecule has 0 aliphatic carbocycles. The Morgan fingerprint density at radius 1 is 1.19 bits per heavy atom. The Balaban J connectivity index is 2.10. The predicted octanol–water partition coefficient (Wildman–Crippen LogP) is 4.10. The zero-order valence-corrected chi connectivity index (χ0v) is 14.0. The van der Waals surface area contributed by atoms with Gasteiger partial charge in [-0.25, -0.2) is 4.79 Å². The Hall–Kier alpha value is -3.47. The number of hydrogen-bond acceptors (Lipinski definition) is 5. The molecule has 4 rings (SSSR count). The van der Waals surface area contributed by atoms with Crippen LogP contribution in [0.15, 0.2) is 78.3 Å². The molecule has 2 aromatic carbocycles. The number of hydrogen-bond donors (Lipinski definition) is 2. The Kier molecular flexibility index (Phi) is 3.40. The van der Waals surface area contributed by atoms with Crippen LogP contribution in [-0.2, 0) is 10.3 Å². The van der Waals surface area contributed by atoms with Crippen LogP contribution in [0.2, 0.25) is 0 Å². The van der Waals surface area contributed by atoms with Gasteiger partial charge in [0.05, 0.1) is 5.56 Å². The first-order valence-electron chi connectivity index (χ1n) is 8.08. The van der Waals surface area contributed by atoms with E-state index in [0.717, 1.165) is 0 Å². The first kappa shape index (κ1) is 16.0. The van der Waals surface area contributed by atoms with Crippen LogP contribution in [0, 0.1) is 0 Å². The molecule has 1 unspecified atom stereocenters. The zero-order chi connectivity index (χ0) is 18.5. The maximum absolute atomic E-state index is 12.6. The highest BCUT2D eigenvalue weighted by Crippen LogP contribution is 2.55. The van der Waals surface area contributed by atoms with E-state index in [-0.39, 0.29) is 11.5 Å². The normalized spacial score (nSPS) is 23.5. The molecular weight excluding hydrogens is 332 g/mol. The van der Waals surface area contributed by atoms with Gasteiger partial charge in [-0.15, -0.1) is 0 Å². The van der Waals surface area contributed by atoms with Gasteiger partial charge in [0, 0.05) is 28.8 Å². The second-order valence-corrected chi connectivity index (χ2v) is 6.10. The second kappa shape index (κ2) is 5.52. The first-order valence-corrected chi connectivity index (χ1v) is 8.08. The number of ether oxygens (including phenoxy) is 2. The number of carbonyl (C=O) groups excluding carboxylic acids is 1. The Morgan fingerprint density at radius 2 is 1.96 bits per heavy atom. The molecule has 2 heterocycles. The third-order valence-electron chi connectivity index (χ3n) is 4.57. The molecule has 0 amide bonds. The summed E-state index contributed by atoms with van der Waals surface area (Å²) in [7, 11) is 0. The van der Waals surface area contributed by atoms with E-state index in [4.69, 9.17) is 9.47 Å². The molecule has 0 bridgehead atoms. The molecule has 1 atom stereocenters. The van der Waals surface area contributed by atoms with Crippen LogP contribution in [-0.4, -0.2) is 16.2 Å². The summed E-state index contributed by atoms with van der Waals surface area (Å²) in [4.78, 5) is 12.6. The van der Waals surface area contributed by atoms with Gasteiger partial charge >= 0.3 is 5.97 Å². The number of esters is 1. The number of rotatable bonds is 1. The van der Waals surface area contributed by atoms with Gasteiger partial charge in [-0.05, 0) is 25.1 Å². The van der Waals surface area contributed by atoms with Crippen LogP contribution in [0.5, 0.6) is 11.5 Å². The van der Waals surface area contributed by atoms with Gasteiger partial charge in [0.25, 0.3) is 0 Å². The zero-order valence-electron chi connectivity index (χ0n) is 14.0. The minimum Gasteiger partial charge on any atom is -0.508 e. The van der Waals surface area contributed by atoms with Gasteiger partial charge in [0.1, 0.15) is 23.0 Å². The van der Waals surface area contributed by atoms with Crippen molar-refractivity contribution < 1.29 is 24.5 Å². The molecule has 2 N–H and O–H groups in total. The maximum atomic E-state index is 12.6. The van der Waals surface area contributed by atoms with Gasteiger partial charge < -0.3 is 19.7 Å². The van der Waals surface area contributed by atoms with E-state index in [1.807, 2.05) is 12.1 Å². The van der Waals surface area contributed by atoms with Crippen molar-refractivity contribution in [2.45, 2.75) is 12.5 Å². The molecule has 0 radical (unpaired) electrons. The Labute approximate surface area is 150 Å². The summed E-state index contributed by atoms with van der Waals surface area (Å²) >= 11 is 0. The average Bonchev–Trinajstić information content (AvgIpc) is 2.88. The predicted molar refractivity (Wildman–Crippen MR) is 95.0 cm³/mol. The average molecular weight is 348 g/mol. The van der Waals surface area contributed by atoms with Crippen molar-refractivity contribution in [3.63, 3.8) is 0 Å². The fraction of sp³-hybridized carbons (Fsp3) is 0.0952. The third kappa shape index (κ3) is 2.07.